The molecule has 22 heavy (non-hydrogen) atoms. The van der Waals surface area contributed by atoms with Gasteiger partial charge in [0.25, 0.3) is 0 Å². The monoisotopic (exact) mass is 292 g/mol. The number of fused-ring (bicyclic) bond motifs is 1. The molecule has 0 fully saturated rings. The number of hydrogen-bond donors (Lipinski definition) is 0. The van der Waals surface area contributed by atoms with Crippen LogP contribution in [0.1, 0.15) is 17.0 Å². The van der Waals surface area contributed by atoms with Crippen molar-refractivity contribution >= 4 is 11.0 Å². The fraction of sp³-hybridized carbons (Fsp3) is 0.211. The molecule has 1 heterocycles. The van der Waals surface area contributed by atoms with Crippen molar-refractivity contribution in [2.45, 2.75) is 27.0 Å². The second-order valence-electron chi connectivity index (χ2n) is 5.47. The van der Waals surface area contributed by atoms with Crippen molar-refractivity contribution in [3.63, 3.8) is 0 Å². The quantitative estimate of drug-likeness (QED) is 0.651. The van der Waals surface area contributed by atoms with E-state index in [1.807, 2.05) is 24.3 Å². The zero-order valence-electron chi connectivity index (χ0n) is 13.0. The number of rotatable bonds is 5. The second-order valence-corrected chi connectivity index (χ2v) is 5.47. The van der Waals surface area contributed by atoms with E-state index < -0.39 is 0 Å². The summed E-state index contributed by atoms with van der Waals surface area (Å²) in [4.78, 5) is 4.69. The third kappa shape index (κ3) is 2.75. The summed E-state index contributed by atoms with van der Waals surface area (Å²) in [7, 11) is 0. The van der Waals surface area contributed by atoms with Crippen molar-refractivity contribution in [2.24, 2.45) is 0 Å². The first kappa shape index (κ1) is 14.4. The van der Waals surface area contributed by atoms with Gasteiger partial charge in [-0.25, -0.2) is 4.98 Å². The lowest BCUT2D eigenvalue weighted by Gasteiger charge is -2.11. The maximum absolute atomic E-state index is 6.00. The predicted molar refractivity (Wildman–Crippen MR) is 90.2 cm³/mol. The van der Waals surface area contributed by atoms with Crippen LogP contribution in [0.15, 0.2) is 55.1 Å². The topological polar surface area (TPSA) is 27.1 Å². The molecule has 1 aromatic heterocycles. The minimum Gasteiger partial charge on any atom is -0.485 e. The van der Waals surface area contributed by atoms with Crippen LogP contribution in [-0.4, -0.2) is 9.55 Å². The minimum atomic E-state index is 0.451. The fourth-order valence-corrected chi connectivity index (χ4v) is 2.57. The molecule has 0 bridgehead atoms. The molecule has 3 heteroatoms. The number of hydrogen-bond acceptors (Lipinski definition) is 2. The number of imidazole rings is 1. The van der Waals surface area contributed by atoms with Gasteiger partial charge in [0.1, 0.15) is 18.2 Å². The zero-order valence-corrected chi connectivity index (χ0v) is 13.0. The average Bonchev–Trinajstić information content (AvgIpc) is 2.87. The van der Waals surface area contributed by atoms with Gasteiger partial charge in [0.15, 0.2) is 0 Å². The Hall–Kier alpha value is -2.55. The lowest BCUT2D eigenvalue weighted by molar-refractivity contribution is 0.289. The minimum absolute atomic E-state index is 0.451. The van der Waals surface area contributed by atoms with E-state index in [9.17, 15) is 0 Å². The van der Waals surface area contributed by atoms with E-state index in [4.69, 9.17) is 4.74 Å². The molecular weight excluding hydrogens is 272 g/mol. The van der Waals surface area contributed by atoms with Crippen LogP contribution in [0.2, 0.25) is 0 Å². The number of nitrogens with zero attached hydrogens (tertiary/aromatic N) is 2. The Kier molecular flexibility index (Phi) is 3.96. The summed E-state index contributed by atoms with van der Waals surface area (Å²) in [6.45, 7) is 9.14. The molecule has 0 aliphatic carbocycles. The first-order valence-electron chi connectivity index (χ1n) is 7.44. The van der Waals surface area contributed by atoms with Crippen LogP contribution in [0, 0.1) is 13.8 Å². The Labute approximate surface area is 130 Å². The number of aromatic nitrogens is 2. The molecule has 3 aromatic rings. The van der Waals surface area contributed by atoms with Crippen molar-refractivity contribution < 1.29 is 4.74 Å². The number of benzene rings is 2. The highest BCUT2D eigenvalue weighted by Gasteiger charge is 2.10. The van der Waals surface area contributed by atoms with Crippen molar-refractivity contribution in [1.82, 2.24) is 9.55 Å². The van der Waals surface area contributed by atoms with Gasteiger partial charge in [-0.3, -0.25) is 0 Å². The first-order valence-corrected chi connectivity index (χ1v) is 7.44. The van der Waals surface area contributed by atoms with Crippen LogP contribution in [0.3, 0.4) is 0 Å². The Morgan fingerprint density at radius 2 is 2.00 bits per heavy atom. The summed E-state index contributed by atoms with van der Waals surface area (Å²) in [6.07, 6.45) is 1.88. The van der Waals surface area contributed by atoms with Crippen molar-refractivity contribution in [3.8, 4) is 5.75 Å². The maximum atomic E-state index is 6.00. The molecule has 2 aromatic carbocycles. The number of para-hydroxylation sites is 2. The summed E-state index contributed by atoms with van der Waals surface area (Å²) >= 11 is 0. The second kappa shape index (κ2) is 6.06. The molecule has 0 aliphatic heterocycles. The van der Waals surface area contributed by atoms with Gasteiger partial charge in [0.05, 0.1) is 11.0 Å². The molecule has 3 rings (SSSR count). The third-order valence-corrected chi connectivity index (χ3v) is 3.75. The van der Waals surface area contributed by atoms with E-state index in [0.717, 1.165) is 34.7 Å². The summed E-state index contributed by atoms with van der Waals surface area (Å²) < 4.78 is 8.15. The van der Waals surface area contributed by atoms with Crippen LogP contribution >= 0.6 is 0 Å². The van der Waals surface area contributed by atoms with Crippen LogP contribution in [0.4, 0.5) is 0 Å². The molecule has 0 aliphatic rings. The maximum Gasteiger partial charge on any atom is 0.148 e. The average molecular weight is 292 g/mol. The highest BCUT2D eigenvalue weighted by molar-refractivity contribution is 5.75. The zero-order chi connectivity index (χ0) is 15.5. The highest BCUT2D eigenvalue weighted by atomic mass is 16.5. The van der Waals surface area contributed by atoms with E-state index in [0.29, 0.717) is 6.61 Å². The SMILES string of the molecule is C=CCn1c(COc2cc(C)ccc2C)nc2ccccc21. The molecule has 0 saturated carbocycles. The number of allylic oxidation sites excluding steroid dienone is 1. The van der Waals surface area contributed by atoms with Gasteiger partial charge in [-0.2, -0.15) is 0 Å². The molecule has 0 saturated heterocycles. The smallest absolute Gasteiger partial charge is 0.148 e. The molecule has 112 valence electrons. The molecule has 0 N–H and O–H groups in total. The van der Waals surface area contributed by atoms with Gasteiger partial charge < -0.3 is 9.30 Å². The van der Waals surface area contributed by atoms with Gasteiger partial charge in [0.2, 0.25) is 0 Å². The van der Waals surface area contributed by atoms with Gasteiger partial charge >= 0.3 is 0 Å². The summed E-state index contributed by atoms with van der Waals surface area (Å²) in [5.41, 5.74) is 4.43. The van der Waals surface area contributed by atoms with Crippen LogP contribution in [0.5, 0.6) is 5.75 Å². The third-order valence-electron chi connectivity index (χ3n) is 3.75. The van der Waals surface area contributed by atoms with Gasteiger partial charge in [-0.15, -0.1) is 6.58 Å². The Balaban J connectivity index is 1.91. The molecule has 0 unspecified atom stereocenters. The normalized spacial score (nSPS) is 10.8. The predicted octanol–water partition coefficient (Wildman–Crippen LogP) is 4.42. The van der Waals surface area contributed by atoms with E-state index in [2.05, 4.69) is 54.2 Å². The van der Waals surface area contributed by atoms with E-state index >= 15 is 0 Å². The Morgan fingerprint density at radius 1 is 1.18 bits per heavy atom. The van der Waals surface area contributed by atoms with Gasteiger partial charge in [-0.05, 0) is 43.2 Å². The molecule has 3 nitrogen and oxygen atoms in total. The summed E-state index contributed by atoms with van der Waals surface area (Å²) in [5, 5.41) is 0. The number of ether oxygens (including phenoxy) is 1. The Morgan fingerprint density at radius 3 is 2.82 bits per heavy atom. The van der Waals surface area contributed by atoms with E-state index in [-0.39, 0.29) is 0 Å². The van der Waals surface area contributed by atoms with E-state index in [1.54, 1.807) is 0 Å². The Bertz CT molecular complexity index is 817. The first-order chi connectivity index (χ1) is 10.7. The van der Waals surface area contributed by atoms with Crippen molar-refractivity contribution in [2.75, 3.05) is 0 Å². The summed E-state index contributed by atoms with van der Waals surface area (Å²) in [5.74, 6) is 1.83. The van der Waals surface area contributed by atoms with Gasteiger partial charge in [-0.1, -0.05) is 30.3 Å². The molecule has 0 spiro atoms. The van der Waals surface area contributed by atoms with Gasteiger partial charge in [0, 0.05) is 6.54 Å². The lowest BCUT2D eigenvalue weighted by Crippen LogP contribution is -2.07. The van der Waals surface area contributed by atoms with Crippen LogP contribution in [0.25, 0.3) is 11.0 Å². The molecule has 0 radical (unpaired) electrons. The highest BCUT2D eigenvalue weighted by Crippen LogP contribution is 2.22. The van der Waals surface area contributed by atoms with E-state index in [1.165, 1.54) is 5.56 Å². The van der Waals surface area contributed by atoms with Crippen molar-refractivity contribution in [1.29, 1.82) is 0 Å². The molecule has 0 atom stereocenters. The fourth-order valence-electron chi connectivity index (χ4n) is 2.57. The van der Waals surface area contributed by atoms with Crippen LogP contribution in [-0.2, 0) is 13.2 Å². The van der Waals surface area contributed by atoms with Crippen molar-refractivity contribution in [3.05, 3.63) is 72.1 Å². The van der Waals surface area contributed by atoms with Crippen LogP contribution < -0.4 is 4.74 Å². The summed E-state index contributed by atoms with van der Waals surface area (Å²) in [6, 6.07) is 14.4. The largest absolute Gasteiger partial charge is 0.485 e. The molecule has 0 amide bonds. The lowest BCUT2D eigenvalue weighted by atomic mass is 10.1. The molecular formula is C19H20N2O. The standard InChI is InChI=1S/C19H20N2O/c1-4-11-21-17-8-6-5-7-16(17)20-19(21)13-22-18-12-14(2)9-10-15(18)3/h4-10,12H,1,11,13H2,2-3H3. The number of aryl methyl sites for hydroxylation is 2.